The van der Waals surface area contributed by atoms with Crippen molar-refractivity contribution in [3.8, 4) is 5.75 Å². The Balaban J connectivity index is 1.78. The van der Waals surface area contributed by atoms with Gasteiger partial charge in [-0.2, -0.15) is 0 Å². The van der Waals surface area contributed by atoms with Crippen molar-refractivity contribution in [3.63, 3.8) is 0 Å². The number of nitro benzene ring substituents is 1. The maximum atomic E-state index is 13.8. The lowest BCUT2D eigenvalue weighted by molar-refractivity contribution is -0.385. The summed E-state index contributed by atoms with van der Waals surface area (Å²) in [4.78, 5) is 114. The first-order chi connectivity index (χ1) is 29.2. The second-order valence-electron chi connectivity index (χ2n) is 14.3. The summed E-state index contributed by atoms with van der Waals surface area (Å²) in [5.74, 6) is -9.39. The van der Waals surface area contributed by atoms with Gasteiger partial charge < -0.3 is 58.7 Å². The number of nitrogens with two attached hydrogens (primary N) is 2. The molecule has 62 heavy (non-hydrogen) atoms. The summed E-state index contributed by atoms with van der Waals surface area (Å²) in [6.07, 6.45) is -2.10. The fourth-order valence-electron chi connectivity index (χ4n) is 5.90. The van der Waals surface area contributed by atoms with E-state index in [2.05, 4.69) is 31.9 Å². The number of nitrogens with one attached hydrogen (secondary N) is 6. The standard InChI is InChI=1S/C39H49N9O13S/c1-20(2)34(47-37(57)26(17-33(53)54)42-18-22-6-3-4-8-24(22)40)39(59)46-28(16-23-7-5-13-62-23)36(56)43-19-31(50)44-27(14-21-9-11-30(49)29(15-21)48(60)61)38(58)45-25(35(41)55)10-12-32(51)52/h3-9,11,13,15,20,25-28,34,42,49H,10,12,14,16-19,40H2,1-2H3,(H2,41,55)(H,43,56)(H,44,50)(H,45,58)(H,46,59)(H,47,57)(H,51,52)(H,53,54)/t25-,26-,27-,28-,34-/m0/s1. The molecule has 0 aliphatic heterocycles. The van der Waals surface area contributed by atoms with Gasteiger partial charge in [-0.25, -0.2) is 0 Å². The lowest BCUT2D eigenvalue weighted by Crippen LogP contribution is -2.59. The summed E-state index contributed by atoms with van der Waals surface area (Å²) in [6, 6.07) is 6.40. The first kappa shape index (κ1) is 49.2. The number of aliphatic carboxylic acids is 2. The molecule has 0 aliphatic rings. The Morgan fingerprint density at radius 2 is 1.45 bits per heavy atom. The van der Waals surface area contributed by atoms with Gasteiger partial charge >= 0.3 is 17.6 Å². The molecule has 0 saturated carbocycles. The molecule has 3 aromatic rings. The number of hydrogen-bond acceptors (Lipinski definition) is 14. The van der Waals surface area contributed by atoms with Crippen LogP contribution >= 0.6 is 11.3 Å². The first-order valence-electron chi connectivity index (χ1n) is 19.0. The predicted molar refractivity (Wildman–Crippen MR) is 222 cm³/mol. The number of anilines is 1. The fourth-order valence-corrected chi connectivity index (χ4v) is 6.65. The zero-order valence-electron chi connectivity index (χ0n) is 33.6. The normalized spacial score (nSPS) is 13.3. The number of rotatable bonds is 25. The molecule has 0 spiro atoms. The van der Waals surface area contributed by atoms with Crippen LogP contribution in [-0.4, -0.2) is 104 Å². The van der Waals surface area contributed by atoms with Crippen LogP contribution in [0.15, 0.2) is 60.0 Å². The minimum atomic E-state index is -1.59. The topological polar surface area (TPSA) is 365 Å². The summed E-state index contributed by atoms with van der Waals surface area (Å²) in [5.41, 5.74) is 11.7. The lowest BCUT2D eigenvalue weighted by Gasteiger charge is -2.27. The highest BCUT2D eigenvalue weighted by atomic mass is 32.1. The maximum Gasteiger partial charge on any atom is 0.310 e. The number of para-hydroxylation sites is 1. The number of thiophene rings is 1. The Kier molecular flexibility index (Phi) is 18.7. The zero-order chi connectivity index (χ0) is 46.1. The molecular weight excluding hydrogens is 835 g/mol. The second kappa shape index (κ2) is 23.6. The summed E-state index contributed by atoms with van der Waals surface area (Å²) in [5, 5.41) is 56.7. The molecule has 5 atom stereocenters. The molecule has 22 nitrogen and oxygen atoms in total. The van der Waals surface area contributed by atoms with E-state index in [0.29, 0.717) is 16.1 Å². The first-order valence-corrected chi connectivity index (χ1v) is 19.9. The maximum absolute atomic E-state index is 13.8. The lowest BCUT2D eigenvalue weighted by atomic mass is 10.0. The van der Waals surface area contributed by atoms with Gasteiger partial charge in [0.15, 0.2) is 5.75 Å². The van der Waals surface area contributed by atoms with E-state index in [-0.39, 0.29) is 18.5 Å². The van der Waals surface area contributed by atoms with E-state index in [4.69, 9.17) is 16.6 Å². The SMILES string of the molecule is CC(C)[C@H](NC(=O)[C@H](CC(=O)O)NCc1ccccc1N)C(=O)N[C@@H](Cc1cccs1)C(=O)NCC(=O)N[C@@H](Cc1ccc(O)c([N+](=O)[O-])c1)C(=O)N[C@@H](CCC(=O)O)C(N)=O. The van der Waals surface area contributed by atoms with Crippen molar-refractivity contribution in [3.05, 3.63) is 86.1 Å². The molecule has 0 fully saturated rings. The molecule has 0 saturated heterocycles. The van der Waals surface area contributed by atoms with Gasteiger partial charge in [0.05, 0.1) is 23.9 Å². The van der Waals surface area contributed by atoms with Gasteiger partial charge in [-0.15, -0.1) is 11.3 Å². The van der Waals surface area contributed by atoms with Crippen LogP contribution in [0, 0.1) is 16.0 Å². The number of carbonyl (C=O) groups is 8. The number of nitrogens with zero attached hydrogens (tertiary/aromatic N) is 1. The smallest absolute Gasteiger partial charge is 0.310 e. The average molecular weight is 884 g/mol. The Bertz CT molecular complexity index is 2120. The number of primary amides is 1. The highest BCUT2D eigenvalue weighted by molar-refractivity contribution is 7.09. The van der Waals surface area contributed by atoms with Crippen LogP contribution in [0.1, 0.15) is 49.1 Å². The highest BCUT2D eigenvalue weighted by Gasteiger charge is 2.33. The highest BCUT2D eigenvalue weighted by Crippen LogP contribution is 2.27. The average Bonchev–Trinajstić information content (AvgIpc) is 3.72. The number of nitrogen functional groups attached to an aromatic ring is 1. The molecule has 6 amide bonds. The number of aromatic hydroxyl groups is 1. The molecule has 0 aliphatic carbocycles. The molecule has 0 bridgehead atoms. The minimum Gasteiger partial charge on any atom is -0.502 e. The molecule has 3 rings (SSSR count). The summed E-state index contributed by atoms with van der Waals surface area (Å²) >= 11 is 1.27. The van der Waals surface area contributed by atoms with Crippen molar-refractivity contribution in [2.24, 2.45) is 11.7 Å². The van der Waals surface area contributed by atoms with Crippen LogP contribution in [0.3, 0.4) is 0 Å². The van der Waals surface area contributed by atoms with Crippen LogP contribution in [0.4, 0.5) is 11.4 Å². The predicted octanol–water partition coefficient (Wildman–Crippen LogP) is -0.576. The van der Waals surface area contributed by atoms with Gasteiger partial charge in [0.1, 0.15) is 24.2 Å². The van der Waals surface area contributed by atoms with E-state index in [9.17, 15) is 58.7 Å². The van der Waals surface area contributed by atoms with E-state index < -0.39 is 132 Å². The summed E-state index contributed by atoms with van der Waals surface area (Å²) < 4.78 is 0. The largest absolute Gasteiger partial charge is 0.502 e. The van der Waals surface area contributed by atoms with Crippen molar-refractivity contribution in [1.82, 2.24) is 31.9 Å². The molecule has 0 unspecified atom stereocenters. The quantitative estimate of drug-likeness (QED) is 0.0288. The third kappa shape index (κ3) is 15.8. The number of nitro groups is 1. The van der Waals surface area contributed by atoms with Gasteiger partial charge in [-0.3, -0.25) is 48.5 Å². The van der Waals surface area contributed by atoms with Crippen molar-refractivity contribution in [1.29, 1.82) is 0 Å². The number of benzene rings is 2. The minimum absolute atomic E-state index is 0.0403. The molecule has 23 heteroatoms. The van der Waals surface area contributed by atoms with Crippen LogP contribution in [-0.2, 0) is 57.7 Å². The molecular formula is C39H49N9O13S. The number of carbonyl (C=O) groups excluding carboxylic acids is 6. The van der Waals surface area contributed by atoms with Gasteiger partial charge in [-0.1, -0.05) is 44.2 Å². The number of amides is 6. The van der Waals surface area contributed by atoms with Crippen LogP contribution in [0.5, 0.6) is 5.75 Å². The number of carboxylic acids is 2. The zero-order valence-corrected chi connectivity index (χ0v) is 34.4. The molecule has 2 aromatic carbocycles. The summed E-state index contributed by atoms with van der Waals surface area (Å²) in [6.45, 7) is 2.49. The number of carboxylic acid groups (broad SMARTS) is 2. The Labute approximate surface area is 358 Å². The van der Waals surface area contributed by atoms with Crippen molar-refractivity contribution >= 4 is 70.1 Å². The van der Waals surface area contributed by atoms with Crippen LogP contribution < -0.4 is 43.4 Å². The number of hydrogen-bond donors (Lipinski definition) is 11. The molecule has 1 aromatic heterocycles. The Morgan fingerprint density at radius 3 is 2.05 bits per heavy atom. The van der Waals surface area contributed by atoms with E-state index in [1.54, 1.807) is 55.6 Å². The van der Waals surface area contributed by atoms with Gasteiger partial charge in [0.25, 0.3) is 0 Å². The van der Waals surface area contributed by atoms with Crippen LogP contribution in [0.2, 0.25) is 0 Å². The number of phenolic OH excluding ortho intramolecular Hbond substituents is 1. The Hall–Kier alpha value is -7.14. The third-order valence-corrected chi connectivity index (χ3v) is 10.1. The third-order valence-electron chi connectivity index (χ3n) is 9.21. The van der Waals surface area contributed by atoms with Crippen molar-refractivity contribution in [2.45, 2.75) is 82.7 Å². The van der Waals surface area contributed by atoms with Crippen molar-refractivity contribution < 1.29 is 58.6 Å². The number of phenols is 1. The molecule has 13 N–H and O–H groups in total. The van der Waals surface area contributed by atoms with Crippen LogP contribution in [0.25, 0.3) is 0 Å². The molecule has 1 heterocycles. The van der Waals surface area contributed by atoms with E-state index in [0.717, 1.165) is 12.1 Å². The summed E-state index contributed by atoms with van der Waals surface area (Å²) in [7, 11) is 0. The van der Waals surface area contributed by atoms with E-state index in [1.807, 2.05) is 0 Å². The van der Waals surface area contributed by atoms with Gasteiger partial charge in [0.2, 0.25) is 35.4 Å². The van der Waals surface area contributed by atoms with Gasteiger partial charge in [0, 0.05) is 42.4 Å². The van der Waals surface area contributed by atoms with Crippen molar-refractivity contribution in [2.75, 3.05) is 12.3 Å². The van der Waals surface area contributed by atoms with Gasteiger partial charge in [-0.05, 0) is 47.0 Å². The molecule has 334 valence electrons. The second-order valence-corrected chi connectivity index (χ2v) is 15.4. The Morgan fingerprint density at radius 1 is 0.790 bits per heavy atom. The van der Waals surface area contributed by atoms with E-state index >= 15 is 0 Å². The van der Waals surface area contributed by atoms with E-state index in [1.165, 1.54) is 17.4 Å². The fraction of sp³-hybridized carbons (Fsp3) is 0.385. The monoisotopic (exact) mass is 883 g/mol. The molecule has 0 radical (unpaired) electrons.